The van der Waals surface area contributed by atoms with Gasteiger partial charge in [0.1, 0.15) is 6.07 Å². The van der Waals surface area contributed by atoms with E-state index in [1.54, 1.807) is 12.3 Å². The number of hydrogen-bond donors (Lipinski definition) is 0. The number of hydrogen-bond acceptors (Lipinski definition) is 5. The van der Waals surface area contributed by atoms with Crippen LogP contribution >= 0.6 is 0 Å². The van der Waals surface area contributed by atoms with Gasteiger partial charge in [-0.25, -0.2) is 4.98 Å². The van der Waals surface area contributed by atoms with E-state index in [9.17, 15) is 0 Å². The van der Waals surface area contributed by atoms with Gasteiger partial charge in [0.2, 0.25) is 0 Å². The van der Waals surface area contributed by atoms with Gasteiger partial charge in [-0.2, -0.15) is 5.26 Å². The molecule has 0 aliphatic heterocycles. The molecule has 2 aromatic rings. The molecule has 2 heterocycles. The topological polar surface area (TPSA) is 70.6 Å². The van der Waals surface area contributed by atoms with E-state index in [1.807, 2.05) is 41.2 Å². The molecule has 18 heavy (non-hydrogen) atoms. The Morgan fingerprint density at radius 3 is 2.89 bits per heavy atom. The Hall–Kier alpha value is -2.42. The average molecular weight is 242 g/mol. The minimum absolute atomic E-state index is 0.338. The Labute approximate surface area is 106 Å². The first-order valence-electron chi connectivity index (χ1n) is 5.70. The van der Waals surface area contributed by atoms with Crippen LogP contribution in [0.4, 0.5) is 5.82 Å². The lowest BCUT2D eigenvalue weighted by atomic mass is 10.3. The van der Waals surface area contributed by atoms with E-state index >= 15 is 0 Å². The maximum absolute atomic E-state index is 8.64. The predicted octanol–water partition coefficient (Wildman–Crippen LogP) is 1.07. The van der Waals surface area contributed by atoms with E-state index in [4.69, 9.17) is 5.26 Å². The smallest absolute Gasteiger partial charge is 0.163 e. The van der Waals surface area contributed by atoms with Crippen LogP contribution in [0.3, 0.4) is 0 Å². The summed E-state index contributed by atoms with van der Waals surface area (Å²) in [6, 6.07) is 5.44. The van der Waals surface area contributed by atoms with Crippen molar-refractivity contribution in [3.8, 4) is 6.07 Å². The molecule has 0 fully saturated rings. The van der Waals surface area contributed by atoms with E-state index in [0.29, 0.717) is 5.69 Å². The molecule has 6 nitrogen and oxygen atoms in total. The lowest BCUT2D eigenvalue weighted by Crippen LogP contribution is -2.21. The van der Waals surface area contributed by atoms with Crippen LogP contribution in [0.15, 0.2) is 30.9 Å². The third-order valence-electron chi connectivity index (χ3n) is 2.63. The summed E-state index contributed by atoms with van der Waals surface area (Å²) < 4.78 is 2.04. The first-order valence-corrected chi connectivity index (χ1v) is 5.70. The zero-order valence-corrected chi connectivity index (χ0v) is 10.2. The SMILES string of the molecule is CN(CCCn1ccnc1)c1ccc(C#N)nn1. The average Bonchev–Trinajstić information content (AvgIpc) is 2.92. The molecule has 0 N–H and O–H groups in total. The van der Waals surface area contributed by atoms with E-state index in [0.717, 1.165) is 25.3 Å². The van der Waals surface area contributed by atoms with Gasteiger partial charge >= 0.3 is 0 Å². The Morgan fingerprint density at radius 2 is 2.28 bits per heavy atom. The number of nitriles is 1. The molecule has 0 bridgehead atoms. The molecule has 0 aliphatic carbocycles. The molecular formula is C12H14N6. The van der Waals surface area contributed by atoms with Gasteiger partial charge in [0.05, 0.1) is 6.33 Å². The highest BCUT2D eigenvalue weighted by Gasteiger charge is 2.03. The van der Waals surface area contributed by atoms with E-state index in [1.165, 1.54) is 0 Å². The fraction of sp³-hybridized carbons (Fsp3) is 0.333. The summed E-state index contributed by atoms with van der Waals surface area (Å²) >= 11 is 0. The molecular weight excluding hydrogens is 228 g/mol. The van der Waals surface area contributed by atoms with Crippen LogP contribution in [0.1, 0.15) is 12.1 Å². The van der Waals surface area contributed by atoms with E-state index < -0.39 is 0 Å². The van der Waals surface area contributed by atoms with Crippen LogP contribution in [-0.2, 0) is 6.54 Å². The maximum atomic E-state index is 8.64. The van der Waals surface area contributed by atoms with Crippen molar-refractivity contribution in [1.29, 1.82) is 5.26 Å². The highest BCUT2D eigenvalue weighted by atomic mass is 15.2. The van der Waals surface area contributed by atoms with Crippen LogP contribution in [-0.4, -0.2) is 33.3 Å². The molecule has 6 heteroatoms. The summed E-state index contributed by atoms with van der Waals surface area (Å²) in [6.07, 6.45) is 6.52. The Morgan fingerprint density at radius 1 is 1.39 bits per heavy atom. The molecule has 0 radical (unpaired) electrons. The van der Waals surface area contributed by atoms with Crippen molar-refractivity contribution >= 4 is 5.82 Å². The Kier molecular flexibility index (Phi) is 3.86. The van der Waals surface area contributed by atoms with Gasteiger partial charge in [0.25, 0.3) is 0 Å². The first kappa shape index (κ1) is 12.0. The van der Waals surface area contributed by atoms with Crippen molar-refractivity contribution in [3.05, 3.63) is 36.5 Å². The minimum atomic E-state index is 0.338. The minimum Gasteiger partial charge on any atom is -0.358 e. The van der Waals surface area contributed by atoms with Gasteiger partial charge < -0.3 is 9.47 Å². The maximum Gasteiger partial charge on any atom is 0.163 e. The molecule has 92 valence electrons. The number of aryl methyl sites for hydroxylation is 1. The van der Waals surface area contributed by atoms with E-state index in [2.05, 4.69) is 15.2 Å². The van der Waals surface area contributed by atoms with Gasteiger partial charge in [-0.15, -0.1) is 10.2 Å². The molecule has 2 aromatic heterocycles. The van der Waals surface area contributed by atoms with Crippen LogP contribution in [0.5, 0.6) is 0 Å². The fourth-order valence-electron chi connectivity index (χ4n) is 1.61. The van der Waals surface area contributed by atoms with Crippen molar-refractivity contribution in [1.82, 2.24) is 19.7 Å². The Bertz CT molecular complexity index is 511. The first-order chi connectivity index (χ1) is 8.79. The number of rotatable bonds is 5. The third-order valence-corrected chi connectivity index (χ3v) is 2.63. The normalized spacial score (nSPS) is 10.0. The lowest BCUT2D eigenvalue weighted by Gasteiger charge is -2.17. The quantitative estimate of drug-likeness (QED) is 0.784. The summed E-state index contributed by atoms with van der Waals surface area (Å²) in [5, 5.41) is 16.4. The van der Waals surface area contributed by atoms with Gasteiger partial charge in [-0.3, -0.25) is 0 Å². The van der Waals surface area contributed by atoms with Crippen molar-refractivity contribution in [2.75, 3.05) is 18.5 Å². The van der Waals surface area contributed by atoms with Gasteiger partial charge in [-0.1, -0.05) is 0 Å². The highest BCUT2D eigenvalue weighted by Crippen LogP contribution is 2.07. The largest absolute Gasteiger partial charge is 0.358 e. The molecule has 2 rings (SSSR count). The van der Waals surface area contributed by atoms with Crippen molar-refractivity contribution in [2.45, 2.75) is 13.0 Å². The number of imidazole rings is 1. The van der Waals surface area contributed by atoms with Crippen LogP contribution in [0.25, 0.3) is 0 Å². The summed E-state index contributed by atoms with van der Waals surface area (Å²) in [4.78, 5) is 6.01. The van der Waals surface area contributed by atoms with Crippen LogP contribution in [0, 0.1) is 11.3 Å². The van der Waals surface area contributed by atoms with Crippen LogP contribution in [0.2, 0.25) is 0 Å². The zero-order valence-electron chi connectivity index (χ0n) is 10.2. The van der Waals surface area contributed by atoms with Gasteiger partial charge in [0, 0.05) is 32.5 Å². The third kappa shape index (κ3) is 3.04. The number of aromatic nitrogens is 4. The summed E-state index contributed by atoms with van der Waals surface area (Å²) in [5.74, 6) is 0.777. The fourth-order valence-corrected chi connectivity index (χ4v) is 1.61. The van der Waals surface area contributed by atoms with Crippen molar-refractivity contribution in [3.63, 3.8) is 0 Å². The molecule has 0 saturated carbocycles. The molecule has 0 saturated heterocycles. The standard InChI is InChI=1S/C12H14N6/c1-17(6-2-7-18-8-5-14-10-18)12-4-3-11(9-13)15-16-12/h3-5,8,10H,2,6-7H2,1H3. The molecule has 0 amide bonds. The summed E-state index contributed by atoms with van der Waals surface area (Å²) in [5.41, 5.74) is 0.338. The Balaban J connectivity index is 1.83. The van der Waals surface area contributed by atoms with Gasteiger partial charge in [0.15, 0.2) is 11.5 Å². The van der Waals surface area contributed by atoms with Crippen molar-refractivity contribution < 1.29 is 0 Å². The highest BCUT2D eigenvalue weighted by molar-refractivity contribution is 5.37. The van der Waals surface area contributed by atoms with Crippen LogP contribution < -0.4 is 4.90 Å². The molecule has 0 atom stereocenters. The second-order valence-corrected chi connectivity index (χ2v) is 3.96. The lowest BCUT2D eigenvalue weighted by molar-refractivity contribution is 0.634. The second-order valence-electron chi connectivity index (χ2n) is 3.96. The number of nitrogens with zero attached hydrogens (tertiary/aromatic N) is 6. The number of anilines is 1. The van der Waals surface area contributed by atoms with E-state index in [-0.39, 0.29) is 0 Å². The molecule has 0 unspecified atom stereocenters. The van der Waals surface area contributed by atoms with Crippen molar-refractivity contribution in [2.24, 2.45) is 0 Å². The summed E-state index contributed by atoms with van der Waals surface area (Å²) in [7, 11) is 1.96. The monoisotopic (exact) mass is 242 g/mol. The molecule has 0 aliphatic rings. The molecule has 0 spiro atoms. The van der Waals surface area contributed by atoms with Gasteiger partial charge in [-0.05, 0) is 18.6 Å². The predicted molar refractivity (Wildman–Crippen MR) is 66.9 cm³/mol. The molecule has 0 aromatic carbocycles. The second kappa shape index (κ2) is 5.77. The summed E-state index contributed by atoms with van der Waals surface area (Å²) in [6.45, 7) is 1.80. The zero-order chi connectivity index (χ0) is 12.8.